The number of hydrogen-bond acceptors (Lipinski definition) is 5. The van der Waals surface area contributed by atoms with Gasteiger partial charge in [0.05, 0.1) is 6.61 Å². The highest BCUT2D eigenvalue weighted by molar-refractivity contribution is 5.70. The van der Waals surface area contributed by atoms with E-state index in [0.717, 1.165) is 32.1 Å². The third-order valence-corrected chi connectivity index (χ3v) is 16.9. The van der Waals surface area contributed by atoms with Crippen LogP contribution in [-0.4, -0.2) is 36.4 Å². The summed E-state index contributed by atoms with van der Waals surface area (Å²) in [6.07, 6.45) is 85.9. The lowest BCUT2D eigenvalue weighted by Gasteiger charge is -2.15. The number of aliphatic hydroxyl groups excluding tert-OH is 1. The largest absolute Gasteiger partial charge is 0.462 e. The normalized spacial score (nSPS) is 12.0. The summed E-state index contributed by atoms with van der Waals surface area (Å²) in [7, 11) is 0. The van der Waals surface area contributed by atoms with Crippen molar-refractivity contribution in [3.05, 3.63) is 0 Å². The molecule has 0 aromatic heterocycles. The summed E-state index contributed by atoms with van der Waals surface area (Å²) in [4.78, 5) is 24.6. The van der Waals surface area contributed by atoms with Crippen LogP contribution >= 0.6 is 0 Å². The number of carbonyl (C=O) groups is 2. The quantitative estimate of drug-likeness (QED) is 0.0485. The first kappa shape index (κ1) is 74.9. The first-order valence-electron chi connectivity index (χ1n) is 35.6. The van der Waals surface area contributed by atoms with Crippen LogP contribution in [0.1, 0.15) is 425 Å². The molecule has 1 atom stereocenters. The van der Waals surface area contributed by atoms with Crippen molar-refractivity contribution in [3.8, 4) is 0 Å². The summed E-state index contributed by atoms with van der Waals surface area (Å²) in [5.41, 5.74) is 0. The van der Waals surface area contributed by atoms with Crippen molar-refractivity contribution in [2.24, 2.45) is 0 Å². The Morgan fingerprint density at radius 2 is 0.408 bits per heavy atom. The Bertz CT molecular complexity index is 1080. The second kappa shape index (κ2) is 68.2. The molecule has 454 valence electrons. The highest BCUT2D eigenvalue weighted by atomic mass is 16.6. The number of carbonyl (C=O) groups excluding carboxylic acids is 2. The lowest BCUT2D eigenvalue weighted by atomic mass is 10.0. The molecule has 1 unspecified atom stereocenters. The van der Waals surface area contributed by atoms with Gasteiger partial charge in [-0.25, -0.2) is 0 Å². The van der Waals surface area contributed by atoms with Gasteiger partial charge in [0.1, 0.15) is 6.61 Å². The molecule has 0 aromatic rings. The SMILES string of the molecule is CCCCCCCCCCCCCCCCCCCCCCCCCCCCCCCCCCCCCCCCCC(=O)OC(CO)COC(=O)CCCCCCCCCCCCCCCCCCCCCCCCC. The monoisotopic (exact) mass is 1070 g/mol. The number of unbranched alkanes of at least 4 members (excludes halogenated alkanes) is 60. The Morgan fingerprint density at radius 1 is 0.250 bits per heavy atom. The summed E-state index contributed by atoms with van der Waals surface area (Å²) >= 11 is 0. The van der Waals surface area contributed by atoms with Gasteiger partial charge < -0.3 is 14.6 Å². The predicted octanol–water partition coefficient (Wildman–Crippen LogP) is 24.4. The van der Waals surface area contributed by atoms with Crippen molar-refractivity contribution in [2.45, 2.75) is 431 Å². The van der Waals surface area contributed by atoms with Crippen LogP contribution in [0.2, 0.25) is 0 Å². The molecule has 0 spiro atoms. The standard InChI is InChI=1S/C71H140O5/c1-3-5-7-9-11-13-15-17-19-21-23-25-27-28-29-30-31-32-33-34-35-36-37-38-39-40-41-42-44-46-48-50-52-54-56-58-60-62-64-66-71(74)76-69(67-72)68-75-70(73)65-63-61-59-57-55-53-51-49-47-45-43-26-24-22-20-18-16-14-12-10-8-6-4-2/h69,72H,3-68H2,1-2H3. The number of hydrogen-bond donors (Lipinski definition) is 1. The van der Waals surface area contributed by atoms with E-state index in [1.165, 1.54) is 366 Å². The Hall–Kier alpha value is -1.10. The van der Waals surface area contributed by atoms with E-state index in [1.807, 2.05) is 0 Å². The first-order valence-corrected chi connectivity index (χ1v) is 35.6. The van der Waals surface area contributed by atoms with Gasteiger partial charge in [0.25, 0.3) is 0 Å². The second-order valence-corrected chi connectivity index (χ2v) is 24.7. The maximum Gasteiger partial charge on any atom is 0.306 e. The summed E-state index contributed by atoms with van der Waals surface area (Å²) in [6.45, 7) is 4.23. The second-order valence-electron chi connectivity index (χ2n) is 24.7. The summed E-state index contributed by atoms with van der Waals surface area (Å²) in [6, 6.07) is 0. The lowest BCUT2D eigenvalue weighted by molar-refractivity contribution is -0.161. The summed E-state index contributed by atoms with van der Waals surface area (Å²) in [5, 5.41) is 9.69. The van der Waals surface area contributed by atoms with Gasteiger partial charge in [-0.1, -0.05) is 399 Å². The molecule has 0 saturated heterocycles. The van der Waals surface area contributed by atoms with E-state index in [4.69, 9.17) is 9.47 Å². The van der Waals surface area contributed by atoms with Gasteiger partial charge >= 0.3 is 11.9 Å². The summed E-state index contributed by atoms with van der Waals surface area (Å²) < 4.78 is 10.8. The van der Waals surface area contributed by atoms with Crippen molar-refractivity contribution in [3.63, 3.8) is 0 Å². The molecule has 0 amide bonds. The third kappa shape index (κ3) is 65.4. The molecule has 0 saturated carbocycles. The van der Waals surface area contributed by atoms with Crippen LogP contribution in [0.4, 0.5) is 0 Å². The van der Waals surface area contributed by atoms with Gasteiger partial charge in [0.2, 0.25) is 0 Å². The third-order valence-electron chi connectivity index (χ3n) is 16.9. The molecule has 0 aliphatic heterocycles. The number of ether oxygens (including phenoxy) is 2. The zero-order valence-corrected chi connectivity index (χ0v) is 52.3. The zero-order chi connectivity index (χ0) is 54.8. The van der Waals surface area contributed by atoms with Crippen LogP contribution in [-0.2, 0) is 19.1 Å². The fourth-order valence-corrected chi connectivity index (χ4v) is 11.6. The van der Waals surface area contributed by atoms with E-state index >= 15 is 0 Å². The topological polar surface area (TPSA) is 72.8 Å². The molecule has 0 rings (SSSR count). The van der Waals surface area contributed by atoms with Gasteiger partial charge in [0, 0.05) is 12.8 Å². The molecule has 5 heteroatoms. The van der Waals surface area contributed by atoms with Crippen molar-refractivity contribution in [2.75, 3.05) is 13.2 Å². The molecule has 1 N–H and O–H groups in total. The molecular weight excluding hydrogens is 933 g/mol. The molecule has 0 aliphatic rings. The van der Waals surface area contributed by atoms with Crippen molar-refractivity contribution in [1.82, 2.24) is 0 Å². The van der Waals surface area contributed by atoms with E-state index in [9.17, 15) is 14.7 Å². The Kier molecular flexibility index (Phi) is 67.2. The van der Waals surface area contributed by atoms with Crippen LogP contribution in [0.3, 0.4) is 0 Å². The Labute approximate surface area is 478 Å². The Balaban J connectivity index is 3.33. The fraction of sp³-hybridized carbons (Fsp3) is 0.972. The molecule has 0 heterocycles. The molecular formula is C71H140O5. The average molecular weight is 1070 g/mol. The molecule has 0 bridgehead atoms. The van der Waals surface area contributed by atoms with Crippen molar-refractivity contribution in [1.29, 1.82) is 0 Å². The van der Waals surface area contributed by atoms with Crippen molar-refractivity contribution >= 4 is 11.9 Å². The van der Waals surface area contributed by atoms with Crippen LogP contribution in [0, 0.1) is 0 Å². The molecule has 0 fully saturated rings. The highest BCUT2D eigenvalue weighted by Crippen LogP contribution is 2.20. The molecule has 0 aliphatic carbocycles. The average Bonchev–Trinajstić information content (AvgIpc) is 3.42. The molecule has 5 nitrogen and oxygen atoms in total. The van der Waals surface area contributed by atoms with E-state index in [1.54, 1.807) is 0 Å². The maximum absolute atomic E-state index is 12.4. The number of aliphatic hydroxyl groups is 1. The van der Waals surface area contributed by atoms with Gasteiger partial charge in [-0.05, 0) is 12.8 Å². The predicted molar refractivity (Wildman–Crippen MR) is 335 cm³/mol. The fourth-order valence-electron chi connectivity index (χ4n) is 11.6. The van der Waals surface area contributed by atoms with Gasteiger partial charge in [-0.3, -0.25) is 9.59 Å². The minimum Gasteiger partial charge on any atom is -0.462 e. The smallest absolute Gasteiger partial charge is 0.306 e. The van der Waals surface area contributed by atoms with E-state index in [0.29, 0.717) is 12.8 Å². The minimum absolute atomic E-state index is 0.0554. The Morgan fingerprint density at radius 3 is 0.579 bits per heavy atom. The van der Waals surface area contributed by atoms with E-state index in [2.05, 4.69) is 13.8 Å². The molecule has 0 radical (unpaired) electrons. The number of esters is 2. The maximum atomic E-state index is 12.4. The van der Waals surface area contributed by atoms with Crippen LogP contribution < -0.4 is 0 Å². The summed E-state index contributed by atoms with van der Waals surface area (Å²) in [5.74, 6) is -0.559. The first-order chi connectivity index (χ1) is 37.6. The number of rotatable bonds is 68. The molecule has 76 heavy (non-hydrogen) atoms. The van der Waals surface area contributed by atoms with Crippen LogP contribution in [0.5, 0.6) is 0 Å². The van der Waals surface area contributed by atoms with Crippen LogP contribution in [0.25, 0.3) is 0 Å². The lowest BCUT2D eigenvalue weighted by Crippen LogP contribution is -2.28. The minimum atomic E-state index is -0.765. The zero-order valence-electron chi connectivity index (χ0n) is 52.3. The van der Waals surface area contributed by atoms with E-state index in [-0.39, 0.29) is 25.2 Å². The van der Waals surface area contributed by atoms with Crippen LogP contribution in [0.15, 0.2) is 0 Å². The van der Waals surface area contributed by atoms with Crippen molar-refractivity contribution < 1.29 is 24.2 Å². The molecule has 0 aromatic carbocycles. The van der Waals surface area contributed by atoms with Gasteiger partial charge in [-0.2, -0.15) is 0 Å². The van der Waals surface area contributed by atoms with Gasteiger partial charge in [0.15, 0.2) is 6.10 Å². The van der Waals surface area contributed by atoms with Gasteiger partial charge in [-0.15, -0.1) is 0 Å². The van der Waals surface area contributed by atoms with E-state index < -0.39 is 6.10 Å². The highest BCUT2D eigenvalue weighted by Gasteiger charge is 2.16.